The fourth-order valence-electron chi connectivity index (χ4n) is 0.578. The number of rotatable bonds is 5. The van der Waals surface area contributed by atoms with Gasteiger partial charge < -0.3 is 4.74 Å². The van der Waals surface area contributed by atoms with Crippen molar-refractivity contribution in [1.82, 2.24) is 10.3 Å². The highest BCUT2D eigenvalue weighted by Gasteiger charge is 2.33. The van der Waals surface area contributed by atoms with E-state index in [1.165, 1.54) is 0 Å². The molecule has 0 N–H and O–H groups in total. The molecule has 1 aromatic heterocycles. The second-order valence-corrected chi connectivity index (χ2v) is 2.11. The Kier molecular flexibility index (Phi) is 2.89. The van der Waals surface area contributed by atoms with Crippen LogP contribution in [0.25, 0.3) is 0 Å². The number of hydrogen-bond donors (Lipinski definition) is 0. The van der Waals surface area contributed by atoms with E-state index in [1.807, 2.05) is 0 Å². The lowest BCUT2D eigenvalue weighted by Gasteiger charge is -2.01. The van der Waals surface area contributed by atoms with Crippen molar-refractivity contribution in [2.75, 3.05) is 6.61 Å². The Bertz CT molecular complexity index is 309. The Hall–Kier alpha value is -2.26. The number of nitro groups is 2. The summed E-state index contributed by atoms with van der Waals surface area (Å²) in [6, 6.07) is 0. The molecule has 0 saturated carbocycles. The molecule has 76 valence electrons. The van der Waals surface area contributed by atoms with E-state index in [-0.39, 0.29) is 5.88 Å². The topological polar surface area (TPSA) is 134 Å². The summed E-state index contributed by atoms with van der Waals surface area (Å²) in [5.41, 5.74) is 0. The van der Waals surface area contributed by atoms with Gasteiger partial charge in [-0.05, 0) is 5.16 Å². The van der Waals surface area contributed by atoms with Crippen molar-refractivity contribution < 1.29 is 19.2 Å². The van der Waals surface area contributed by atoms with Gasteiger partial charge in [0.15, 0.2) is 0 Å². The number of hydrogen-bond acceptors (Lipinski definition) is 8. The molecule has 0 bridgehead atoms. The first-order valence-corrected chi connectivity index (χ1v) is 3.28. The highest BCUT2D eigenvalue weighted by molar-refractivity contribution is 4.95. The smallest absolute Gasteiger partial charge is 0.459 e. The molecule has 0 fully saturated rings. The van der Waals surface area contributed by atoms with Crippen LogP contribution < -0.4 is 4.74 Å². The molecule has 0 saturated heterocycles. The lowest BCUT2D eigenvalue weighted by Crippen LogP contribution is -2.34. The third-order valence-electron chi connectivity index (χ3n) is 1.21. The molecule has 0 aliphatic carbocycles. The Labute approximate surface area is 75.7 Å². The van der Waals surface area contributed by atoms with Crippen molar-refractivity contribution in [2.24, 2.45) is 0 Å². The molecule has 0 aromatic carbocycles. The molecule has 0 radical (unpaired) electrons. The minimum Gasteiger partial charge on any atom is -0.459 e. The average molecular weight is 204 g/mol. The van der Waals surface area contributed by atoms with Crippen molar-refractivity contribution in [3.05, 3.63) is 26.4 Å². The SMILES string of the molecule is O=[N+]([O-])C(COc1cnon1)[N+](=O)[O-]. The molecule has 0 amide bonds. The van der Waals surface area contributed by atoms with E-state index in [1.54, 1.807) is 0 Å². The van der Waals surface area contributed by atoms with Gasteiger partial charge in [-0.1, -0.05) is 5.16 Å². The lowest BCUT2D eigenvalue weighted by atomic mass is 10.6. The fourth-order valence-corrected chi connectivity index (χ4v) is 0.578. The summed E-state index contributed by atoms with van der Waals surface area (Å²) in [5, 5.41) is 26.5. The zero-order valence-corrected chi connectivity index (χ0v) is 6.60. The van der Waals surface area contributed by atoms with E-state index in [0.717, 1.165) is 6.20 Å². The summed E-state index contributed by atoms with van der Waals surface area (Å²) >= 11 is 0. The van der Waals surface area contributed by atoms with Gasteiger partial charge >= 0.3 is 6.17 Å². The largest absolute Gasteiger partial charge is 0.483 e. The van der Waals surface area contributed by atoms with Crippen LogP contribution >= 0.6 is 0 Å². The minimum absolute atomic E-state index is 0.140. The van der Waals surface area contributed by atoms with Gasteiger partial charge in [0.05, 0.1) is 9.85 Å². The second-order valence-electron chi connectivity index (χ2n) is 2.11. The van der Waals surface area contributed by atoms with Gasteiger partial charge in [0, 0.05) is 0 Å². The van der Waals surface area contributed by atoms with Crippen LogP contribution in [0.2, 0.25) is 0 Å². The Morgan fingerprint density at radius 2 is 2.14 bits per heavy atom. The summed E-state index contributed by atoms with van der Waals surface area (Å²) in [6.07, 6.45) is -0.983. The van der Waals surface area contributed by atoms with E-state index >= 15 is 0 Å². The molecule has 0 spiro atoms. The molecule has 10 nitrogen and oxygen atoms in total. The first-order chi connectivity index (χ1) is 6.61. The van der Waals surface area contributed by atoms with Crippen LogP contribution in [0.3, 0.4) is 0 Å². The Morgan fingerprint density at radius 1 is 1.50 bits per heavy atom. The standard InChI is InChI=1S/C4H4N4O6/c9-7(10)4(8(11)12)2-13-3-1-5-14-6-3/h1,4H,2H2. The Morgan fingerprint density at radius 3 is 2.57 bits per heavy atom. The molecule has 10 heteroatoms. The lowest BCUT2D eigenvalue weighted by molar-refractivity contribution is -0.743. The third kappa shape index (κ3) is 2.36. The van der Waals surface area contributed by atoms with Crippen molar-refractivity contribution in [3.8, 4) is 5.88 Å². The Balaban J connectivity index is 2.49. The molecule has 0 unspecified atom stereocenters. The molecule has 1 rings (SSSR count). The molecule has 1 aromatic rings. The van der Waals surface area contributed by atoms with E-state index in [2.05, 4.69) is 19.7 Å². The van der Waals surface area contributed by atoms with Gasteiger partial charge in [-0.2, -0.15) is 0 Å². The zero-order valence-electron chi connectivity index (χ0n) is 6.60. The molecule has 0 atom stereocenters. The van der Waals surface area contributed by atoms with Gasteiger partial charge in [0.25, 0.3) is 5.88 Å². The quantitative estimate of drug-likeness (QED) is 0.350. The van der Waals surface area contributed by atoms with E-state index in [0.29, 0.717) is 0 Å². The molecule has 0 aliphatic rings. The maximum absolute atomic E-state index is 10.1. The maximum atomic E-state index is 10.1. The molecular formula is C4H4N4O6. The van der Waals surface area contributed by atoms with Gasteiger partial charge in [-0.15, -0.1) is 0 Å². The van der Waals surface area contributed by atoms with Crippen molar-refractivity contribution >= 4 is 0 Å². The second kappa shape index (κ2) is 4.11. The van der Waals surface area contributed by atoms with Gasteiger partial charge in [0.2, 0.25) is 6.61 Å². The molecular weight excluding hydrogens is 200 g/mol. The number of aromatic nitrogens is 2. The highest BCUT2D eigenvalue weighted by Crippen LogP contribution is 2.03. The average Bonchev–Trinajstić information content (AvgIpc) is 2.55. The van der Waals surface area contributed by atoms with Crippen molar-refractivity contribution in [1.29, 1.82) is 0 Å². The van der Waals surface area contributed by atoms with E-state index < -0.39 is 22.6 Å². The first kappa shape index (κ1) is 9.83. The molecule has 0 aliphatic heterocycles. The summed E-state index contributed by atoms with van der Waals surface area (Å²) < 4.78 is 8.68. The zero-order chi connectivity index (χ0) is 10.6. The van der Waals surface area contributed by atoms with Gasteiger partial charge in [0.1, 0.15) is 6.20 Å². The third-order valence-corrected chi connectivity index (χ3v) is 1.21. The normalized spacial score (nSPS) is 10.1. The van der Waals surface area contributed by atoms with Crippen molar-refractivity contribution in [2.45, 2.75) is 6.17 Å². The van der Waals surface area contributed by atoms with Crippen molar-refractivity contribution in [3.63, 3.8) is 0 Å². The van der Waals surface area contributed by atoms with Crippen LogP contribution in [-0.2, 0) is 0 Å². The predicted octanol–water partition coefficient (Wildman–Crippen LogP) is -0.672. The van der Waals surface area contributed by atoms with Crippen LogP contribution in [0, 0.1) is 20.2 Å². The summed E-state index contributed by atoms with van der Waals surface area (Å²) in [4.78, 5) is 18.1. The fraction of sp³-hybridized carbons (Fsp3) is 0.500. The molecule has 1 heterocycles. The van der Waals surface area contributed by atoms with Crippen LogP contribution in [0.15, 0.2) is 10.8 Å². The summed E-state index contributed by atoms with van der Waals surface area (Å²) in [5.74, 6) is -0.140. The predicted molar refractivity (Wildman–Crippen MR) is 37.6 cm³/mol. The highest BCUT2D eigenvalue weighted by atomic mass is 16.7. The van der Waals surface area contributed by atoms with E-state index in [9.17, 15) is 20.2 Å². The van der Waals surface area contributed by atoms with Gasteiger partial charge in [-0.25, -0.2) is 4.63 Å². The number of ether oxygens (including phenoxy) is 1. The summed E-state index contributed by atoms with van der Waals surface area (Å²) in [6.45, 7) is -0.728. The van der Waals surface area contributed by atoms with Crippen LogP contribution in [-0.4, -0.2) is 32.9 Å². The summed E-state index contributed by atoms with van der Waals surface area (Å²) in [7, 11) is 0. The molecule has 14 heavy (non-hydrogen) atoms. The monoisotopic (exact) mass is 204 g/mol. The van der Waals surface area contributed by atoms with Gasteiger partial charge in [-0.3, -0.25) is 20.2 Å². The number of nitrogens with zero attached hydrogens (tertiary/aromatic N) is 4. The van der Waals surface area contributed by atoms with Crippen LogP contribution in [0.5, 0.6) is 5.88 Å². The van der Waals surface area contributed by atoms with Crippen LogP contribution in [0.4, 0.5) is 0 Å². The maximum Gasteiger partial charge on any atom is 0.483 e. The minimum atomic E-state index is -2.02. The first-order valence-electron chi connectivity index (χ1n) is 3.28. The van der Waals surface area contributed by atoms with Crippen LogP contribution in [0.1, 0.15) is 0 Å². The van der Waals surface area contributed by atoms with E-state index in [4.69, 9.17) is 0 Å².